The second-order valence-corrected chi connectivity index (χ2v) is 6.93. The number of ether oxygens (including phenoxy) is 2. The van der Waals surface area contributed by atoms with E-state index in [-0.39, 0.29) is 0 Å². The normalized spacial score (nSPS) is 17.3. The maximum Gasteiger partial charge on any atom is 0.161 e. The van der Waals surface area contributed by atoms with E-state index in [2.05, 4.69) is 18.3 Å². The lowest BCUT2D eigenvalue weighted by molar-refractivity contribution is 0.0250. The summed E-state index contributed by atoms with van der Waals surface area (Å²) in [6.07, 6.45) is 8.75. The van der Waals surface area contributed by atoms with Gasteiger partial charge in [-0.25, -0.2) is 0 Å². The Hall–Kier alpha value is -1.26. The lowest BCUT2D eigenvalue weighted by atomic mass is 9.94. The predicted molar refractivity (Wildman–Crippen MR) is 97.8 cm³/mol. The largest absolute Gasteiger partial charge is 0.493 e. The van der Waals surface area contributed by atoms with Gasteiger partial charge in [-0.05, 0) is 37.0 Å². The van der Waals surface area contributed by atoms with E-state index in [9.17, 15) is 5.11 Å². The van der Waals surface area contributed by atoms with Crippen LogP contribution in [0.5, 0.6) is 11.5 Å². The van der Waals surface area contributed by atoms with Gasteiger partial charge in [0.05, 0.1) is 19.3 Å². The first-order valence-corrected chi connectivity index (χ1v) is 9.40. The lowest BCUT2D eigenvalue weighted by Gasteiger charge is -2.27. The molecule has 1 aliphatic rings. The zero-order chi connectivity index (χ0) is 17.3. The van der Waals surface area contributed by atoms with Gasteiger partial charge >= 0.3 is 0 Å². The van der Waals surface area contributed by atoms with Crippen molar-refractivity contribution in [3.05, 3.63) is 23.8 Å². The Kier molecular flexibility index (Phi) is 7.86. The molecule has 136 valence electrons. The highest BCUT2D eigenvalue weighted by Gasteiger charge is 2.27. The van der Waals surface area contributed by atoms with Crippen LogP contribution >= 0.6 is 0 Å². The third-order valence-corrected chi connectivity index (χ3v) is 4.80. The van der Waals surface area contributed by atoms with E-state index in [1.54, 1.807) is 7.11 Å². The van der Waals surface area contributed by atoms with Crippen molar-refractivity contribution in [1.29, 1.82) is 0 Å². The molecule has 4 nitrogen and oxygen atoms in total. The predicted octanol–water partition coefficient (Wildman–Crippen LogP) is 4.05. The SMILES string of the molecule is CCCCOc1ccc(CNCC2(O)CCCCCC2)cc1OC. The highest BCUT2D eigenvalue weighted by molar-refractivity contribution is 5.42. The van der Waals surface area contributed by atoms with Gasteiger partial charge in [-0.1, -0.05) is 45.1 Å². The average Bonchev–Trinajstić information content (AvgIpc) is 2.81. The van der Waals surface area contributed by atoms with Gasteiger partial charge in [0.2, 0.25) is 0 Å². The van der Waals surface area contributed by atoms with Gasteiger partial charge < -0.3 is 19.9 Å². The van der Waals surface area contributed by atoms with Crippen LogP contribution in [0.4, 0.5) is 0 Å². The number of unbranched alkanes of at least 4 members (excludes halogenated alkanes) is 1. The van der Waals surface area contributed by atoms with Crippen molar-refractivity contribution in [2.45, 2.75) is 70.4 Å². The molecule has 2 N–H and O–H groups in total. The van der Waals surface area contributed by atoms with Gasteiger partial charge in [0.25, 0.3) is 0 Å². The number of aliphatic hydroxyl groups is 1. The van der Waals surface area contributed by atoms with Gasteiger partial charge in [0.15, 0.2) is 11.5 Å². The summed E-state index contributed by atoms with van der Waals surface area (Å²) < 4.78 is 11.2. The smallest absolute Gasteiger partial charge is 0.161 e. The van der Waals surface area contributed by atoms with Gasteiger partial charge in [-0.2, -0.15) is 0 Å². The van der Waals surface area contributed by atoms with E-state index < -0.39 is 5.60 Å². The minimum absolute atomic E-state index is 0.538. The minimum Gasteiger partial charge on any atom is -0.493 e. The van der Waals surface area contributed by atoms with Gasteiger partial charge in [0.1, 0.15) is 0 Å². The van der Waals surface area contributed by atoms with Crippen molar-refractivity contribution in [2.24, 2.45) is 0 Å². The van der Waals surface area contributed by atoms with Gasteiger partial charge in [-0.3, -0.25) is 0 Å². The number of benzene rings is 1. The minimum atomic E-state index is -0.538. The summed E-state index contributed by atoms with van der Waals surface area (Å²) in [5, 5.41) is 14.1. The van der Waals surface area contributed by atoms with Crippen LogP contribution in [0.1, 0.15) is 63.9 Å². The molecule has 0 aromatic heterocycles. The molecule has 0 atom stereocenters. The van der Waals surface area contributed by atoms with Crippen molar-refractivity contribution in [3.8, 4) is 11.5 Å². The molecule has 0 spiro atoms. The lowest BCUT2D eigenvalue weighted by Crippen LogP contribution is -2.39. The third kappa shape index (κ3) is 5.99. The Morgan fingerprint density at radius 1 is 1.12 bits per heavy atom. The fraction of sp³-hybridized carbons (Fsp3) is 0.700. The molecule has 0 heterocycles. The molecule has 0 unspecified atom stereocenters. The third-order valence-electron chi connectivity index (χ3n) is 4.80. The van der Waals surface area contributed by atoms with E-state index in [1.807, 2.05) is 12.1 Å². The second-order valence-electron chi connectivity index (χ2n) is 6.93. The summed E-state index contributed by atoms with van der Waals surface area (Å²) in [4.78, 5) is 0. The molecule has 1 aromatic carbocycles. The molecule has 0 aliphatic heterocycles. The summed E-state index contributed by atoms with van der Waals surface area (Å²) in [6, 6.07) is 6.06. The van der Waals surface area contributed by atoms with E-state index in [0.29, 0.717) is 6.54 Å². The molecule has 1 fully saturated rings. The Bertz CT molecular complexity index is 482. The van der Waals surface area contributed by atoms with Crippen molar-refractivity contribution >= 4 is 0 Å². The highest BCUT2D eigenvalue weighted by Crippen LogP contribution is 2.29. The van der Waals surface area contributed by atoms with Crippen LogP contribution in [0.2, 0.25) is 0 Å². The summed E-state index contributed by atoms with van der Waals surface area (Å²) >= 11 is 0. The summed E-state index contributed by atoms with van der Waals surface area (Å²) in [5.74, 6) is 1.58. The molecule has 0 bridgehead atoms. The zero-order valence-electron chi connectivity index (χ0n) is 15.3. The van der Waals surface area contributed by atoms with Crippen molar-refractivity contribution in [1.82, 2.24) is 5.32 Å². The molecular formula is C20H33NO3. The van der Waals surface area contributed by atoms with Crippen LogP contribution in [0.3, 0.4) is 0 Å². The molecule has 0 radical (unpaired) electrons. The number of methoxy groups -OCH3 is 1. The highest BCUT2D eigenvalue weighted by atomic mass is 16.5. The Labute approximate surface area is 146 Å². The zero-order valence-corrected chi connectivity index (χ0v) is 15.3. The maximum atomic E-state index is 10.7. The van der Waals surface area contributed by atoms with Crippen LogP contribution in [0.15, 0.2) is 18.2 Å². The quantitative estimate of drug-likeness (QED) is 0.528. The van der Waals surface area contributed by atoms with Crippen LogP contribution in [-0.4, -0.2) is 31.0 Å². The van der Waals surface area contributed by atoms with Crippen LogP contribution in [-0.2, 0) is 6.54 Å². The number of nitrogens with one attached hydrogen (secondary N) is 1. The van der Waals surface area contributed by atoms with Crippen LogP contribution in [0.25, 0.3) is 0 Å². The first-order chi connectivity index (χ1) is 11.7. The van der Waals surface area contributed by atoms with Gasteiger partial charge in [-0.15, -0.1) is 0 Å². The van der Waals surface area contributed by atoms with E-state index in [1.165, 1.54) is 12.8 Å². The molecule has 1 saturated carbocycles. The second kappa shape index (κ2) is 9.90. The molecule has 1 aromatic rings. The monoisotopic (exact) mass is 335 g/mol. The first kappa shape index (κ1) is 19.1. The number of hydrogen-bond acceptors (Lipinski definition) is 4. The fourth-order valence-electron chi connectivity index (χ4n) is 3.27. The average molecular weight is 335 g/mol. The van der Waals surface area contributed by atoms with Crippen LogP contribution < -0.4 is 14.8 Å². The standard InChI is InChI=1S/C20H33NO3/c1-3-4-13-24-18-10-9-17(14-19(18)23-2)15-21-16-20(22)11-7-5-6-8-12-20/h9-10,14,21-22H,3-8,11-13,15-16H2,1-2H3. The molecule has 0 amide bonds. The fourth-order valence-corrected chi connectivity index (χ4v) is 3.27. The number of hydrogen-bond donors (Lipinski definition) is 2. The van der Waals surface area contributed by atoms with E-state index >= 15 is 0 Å². The molecule has 2 rings (SSSR count). The summed E-state index contributed by atoms with van der Waals surface area (Å²) in [6.45, 7) is 4.26. The van der Waals surface area contributed by atoms with Crippen molar-refractivity contribution in [3.63, 3.8) is 0 Å². The maximum absolute atomic E-state index is 10.7. The molecule has 4 heteroatoms. The van der Waals surface area contributed by atoms with Crippen molar-refractivity contribution < 1.29 is 14.6 Å². The number of rotatable bonds is 9. The molecule has 1 aliphatic carbocycles. The first-order valence-electron chi connectivity index (χ1n) is 9.40. The van der Waals surface area contributed by atoms with E-state index in [4.69, 9.17) is 9.47 Å². The Morgan fingerprint density at radius 3 is 2.54 bits per heavy atom. The van der Waals surface area contributed by atoms with Gasteiger partial charge in [0, 0.05) is 13.1 Å². The van der Waals surface area contributed by atoms with Crippen molar-refractivity contribution in [2.75, 3.05) is 20.3 Å². The molecule has 0 saturated heterocycles. The topological polar surface area (TPSA) is 50.7 Å². The summed E-state index contributed by atoms with van der Waals surface area (Å²) in [7, 11) is 1.67. The Balaban J connectivity index is 1.85. The molecular weight excluding hydrogens is 302 g/mol. The Morgan fingerprint density at radius 2 is 1.88 bits per heavy atom. The van der Waals surface area contributed by atoms with Crippen LogP contribution in [0, 0.1) is 0 Å². The summed E-state index contributed by atoms with van der Waals surface area (Å²) in [5.41, 5.74) is 0.607. The van der Waals surface area contributed by atoms with E-state index in [0.717, 1.165) is 68.7 Å². The molecule has 24 heavy (non-hydrogen) atoms.